The predicted octanol–water partition coefficient (Wildman–Crippen LogP) is 4.90. The Hall–Kier alpha value is -2.92. The van der Waals surface area contributed by atoms with E-state index in [2.05, 4.69) is 41.7 Å². The summed E-state index contributed by atoms with van der Waals surface area (Å²) in [7, 11) is 0. The summed E-state index contributed by atoms with van der Waals surface area (Å²) < 4.78 is 0. The molecule has 5 rings (SSSR count). The van der Waals surface area contributed by atoms with Gasteiger partial charge >= 0.3 is 0 Å². The zero-order chi connectivity index (χ0) is 22.0. The van der Waals surface area contributed by atoms with Crippen LogP contribution < -0.4 is 5.32 Å². The lowest BCUT2D eigenvalue weighted by Crippen LogP contribution is -2.41. The minimum atomic E-state index is 0.116. The highest BCUT2D eigenvalue weighted by Crippen LogP contribution is 2.59. The van der Waals surface area contributed by atoms with Crippen molar-refractivity contribution in [3.05, 3.63) is 82.6 Å². The normalized spacial score (nSPS) is 19.0. The van der Waals surface area contributed by atoms with Gasteiger partial charge in [-0.25, -0.2) is 0 Å². The van der Waals surface area contributed by atoms with Gasteiger partial charge in [-0.1, -0.05) is 60.7 Å². The maximum absolute atomic E-state index is 12.9. The summed E-state index contributed by atoms with van der Waals surface area (Å²) in [5, 5.41) is 5.12. The summed E-state index contributed by atoms with van der Waals surface area (Å²) >= 11 is 1.67. The van der Waals surface area contributed by atoms with Crippen molar-refractivity contribution in [2.75, 3.05) is 13.1 Å². The molecule has 1 unspecified atom stereocenters. The first-order valence-electron chi connectivity index (χ1n) is 11.4. The number of likely N-dealkylation sites (tertiary alicyclic amines) is 1. The van der Waals surface area contributed by atoms with Gasteiger partial charge in [0, 0.05) is 23.9 Å². The van der Waals surface area contributed by atoms with Crippen LogP contribution in [0.2, 0.25) is 0 Å². The molecule has 1 spiro atoms. The molecular formula is C27H28N2O2S. The molecule has 1 aliphatic carbocycles. The van der Waals surface area contributed by atoms with Crippen LogP contribution in [0.5, 0.6) is 0 Å². The Morgan fingerprint density at radius 1 is 0.938 bits per heavy atom. The fourth-order valence-electron chi connectivity index (χ4n) is 4.92. The number of carbonyl (C=O) groups excluding carboxylic acids is 2. The van der Waals surface area contributed by atoms with Crippen LogP contribution >= 0.6 is 11.3 Å². The van der Waals surface area contributed by atoms with Crippen molar-refractivity contribution < 1.29 is 9.59 Å². The van der Waals surface area contributed by atoms with Crippen molar-refractivity contribution in [3.63, 3.8) is 0 Å². The van der Waals surface area contributed by atoms with Crippen molar-refractivity contribution >= 4 is 23.2 Å². The number of hydrogen-bond donors (Lipinski definition) is 1. The number of benzene rings is 2. The topological polar surface area (TPSA) is 49.4 Å². The average molecular weight is 445 g/mol. The van der Waals surface area contributed by atoms with E-state index in [1.165, 1.54) is 16.0 Å². The van der Waals surface area contributed by atoms with E-state index >= 15 is 0 Å². The number of piperidine rings is 1. The number of amides is 2. The molecule has 5 heteroatoms. The molecule has 2 heterocycles. The second-order valence-corrected chi connectivity index (χ2v) is 10.1. The maximum Gasteiger partial charge on any atom is 0.226 e. The molecule has 2 aliphatic rings. The summed E-state index contributed by atoms with van der Waals surface area (Å²) in [6.07, 6.45) is 3.27. The van der Waals surface area contributed by atoms with Crippen molar-refractivity contribution in [2.45, 2.75) is 32.2 Å². The van der Waals surface area contributed by atoms with Crippen LogP contribution in [-0.2, 0) is 22.6 Å². The summed E-state index contributed by atoms with van der Waals surface area (Å²) in [5.41, 5.74) is 3.52. The van der Waals surface area contributed by atoms with Gasteiger partial charge in [-0.3, -0.25) is 9.59 Å². The number of nitrogens with zero attached hydrogens (tertiary/aromatic N) is 1. The van der Waals surface area contributed by atoms with E-state index in [1.54, 1.807) is 11.3 Å². The minimum Gasteiger partial charge on any atom is -0.351 e. The molecule has 1 N–H and O–H groups in total. The lowest BCUT2D eigenvalue weighted by Gasteiger charge is -2.33. The van der Waals surface area contributed by atoms with Gasteiger partial charge in [-0.15, -0.1) is 11.3 Å². The average Bonchev–Trinajstić information content (AvgIpc) is 3.27. The molecular weight excluding hydrogens is 416 g/mol. The number of hydrogen-bond acceptors (Lipinski definition) is 3. The lowest BCUT2D eigenvalue weighted by atomic mass is 9.90. The van der Waals surface area contributed by atoms with Gasteiger partial charge in [0.25, 0.3) is 0 Å². The Morgan fingerprint density at radius 2 is 1.66 bits per heavy atom. The van der Waals surface area contributed by atoms with Crippen LogP contribution in [0.1, 0.15) is 29.7 Å². The van der Waals surface area contributed by atoms with Crippen molar-refractivity contribution in [1.82, 2.24) is 10.2 Å². The third-order valence-corrected chi connectivity index (χ3v) is 7.93. The molecule has 1 aromatic heterocycles. The molecule has 1 saturated carbocycles. The first-order valence-corrected chi connectivity index (χ1v) is 12.2. The maximum atomic E-state index is 12.9. The number of carbonyl (C=O) groups is 2. The second kappa shape index (κ2) is 8.91. The molecule has 1 atom stereocenters. The molecule has 0 bridgehead atoms. The van der Waals surface area contributed by atoms with E-state index in [1.807, 2.05) is 40.6 Å². The smallest absolute Gasteiger partial charge is 0.226 e. The molecule has 32 heavy (non-hydrogen) atoms. The fraction of sp³-hybridized carbons (Fsp3) is 0.333. The van der Waals surface area contributed by atoms with Crippen molar-refractivity contribution in [1.29, 1.82) is 0 Å². The third kappa shape index (κ3) is 4.49. The highest BCUT2D eigenvalue weighted by Gasteiger charge is 2.58. The molecule has 2 amide bonds. The summed E-state index contributed by atoms with van der Waals surface area (Å²) in [5.74, 6) is 0.480. The molecule has 3 aromatic rings. The van der Waals surface area contributed by atoms with Crippen LogP contribution in [0.15, 0.2) is 72.1 Å². The highest BCUT2D eigenvalue weighted by molar-refractivity contribution is 7.09. The van der Waals surface area contributed by atoms with Gasteiger partial charge in [-0.05, 0) is 52.8 Å². The molecule has 164 valence electrons. The van der Waals surface area contributed by atoms with E-state index in [4.69, 9.17) is 0 Å². The predicted molar refractivity (Wildman–Crippen MR) is 128 cm³/mol. The number of rotatable bonds is 6. The Morgan fingerprint density at radius 3 is 2.34 bits per heavy atom. The zero-order valence-electron chi connectivity index (χ0n) is 18.1. The zero-order valence-corrected chi connectivity index (χ0v) is 18.9. The van der Waals surface area contributed by atoms with Crippen LogP contribution in [0.25, 0.3) is 11.1 Å². The van der Waals surface area contributed by atoms with Crippen LogP contribution in [0.3, 0.4) is 0 Å². The van der Waals surface area contributed by atoms with Crippen LogP contribution in [-0.4, -0.2) is 29.8 Å². The number of nitrogens with one attached hydrogen (secondary N) is 1. The van der Waals surface area contributed by atoms with E-state index in [0.717, 1.165) is 37.9 Å². The Bertz CT molecular complexity index is 1070. The quantitative estimate of drug-likeness (QED) is 0.588. The first kappa shape index (κ1) is 21.0. The van der Waals surface area contributed by atoms with Gasteiger partial charge in [0.2, 0.25) is 11.8 Å². The van der Waals surface area contributed by atoms with Gasteiger partial charge in [0.05, 0.1) is 13.0 Å². The molecule has 1 aliphatic heterocycles. The first-order chi connectivity index (χ1) is 15.6. The van der Waals surface area contributed by atoms with Gasteiger partial charge in [-0.2, -0.15) is 0 Å². The van der Waals surface area contributed by atoms with E-state index in [-0.39, 0.29) is 23.1 Å². The molecule has 2 aromatic carbocycles. The van der Waals surface area contributed by atoms with Crippen LogP contribution in [0.4, 0.5) is 0 Å². The number of thiophene rings is 1. The highest BCUT2D eigenvalue weighted by atomic mass is 32.1. The Labute approximate surface area is 193 Å². The summed E-state index contributed by atoms with van der Waals surface area (Å²) in [6.45, 7) is 2.14. The standard InChI is InChI=1S/C27H28N2O2S/c30-25(17-20-8-10-22(11-9-20)21-5-2-1-3-6-21)29-14-12-27(13-15-29)18-24(27)26(31)28-19-23-7-4-16-32-23/h1-11,16,24H,12-15,17-19H2,(H,28,31). The molecule has 0 radical (unpaired) electrons. The largest absolute Gasteiger partial charge is 0.351 e. The fourth-order valence-corrected chi connectivity index (χ4v) is 5.56. The van der Waals surface area contributed by atoms with Crippen LogP contribution in [0, 0.1) is 11.3 Å². The molecule has 2 fully saturated rings. The minimum absolute atomic E-state index is 0.116. The Balaban J connectivity index is 1.10. The van der Waals surface area contributed by atoms with E-state index in [9.17, 15) is 9.59 Å². The third-order valence-electron chi connectivity index (χ3n) is 7.05. The van der Waals surface area contributed by atoms with Gasteiger partial charge in [0.1, 0.15) is 0 Å². The molecule has 1 saturated heterocycles. The van der Waals surface area contributed by atoms with E-state index < -0.39 is 0 Å². The Kier molecular flexibility index (Phi) is 5.83. The van der Waals surface area contributed by atoms with Crippen molar-refractivity contribution in [3.8, 4) is 11.1 Å². The van der Waals surface area contributed by atoms with Crippen molar-refractivity contribution in [2.24, 2.45) is 11.3 Å². The van der Waals surface area contributed by atoms with E-state index in [0.29, 0.717) is 13.0 Å². The SMILES string of the molecule is O=C(NCc1cccs1)C1CC12CCN(C(=O)Cc1ccc(-c3ccccc3)cc1)CC2. The summed E-state index contributed by atoms with van der Waals surface area (Å²) in [6, 6.07) is 22.6. The lowest BCUT2D eigenvalue weighted by molar-refractivity contribution is -0.132. The summed E-state index contributed by atoms with van der Waals surface area (Å²) in [4.78, 5) is 28.6. The monoisotopic (exact) mass is 444 g/mol. The second-order valence-electron chi connectivity index (χ2n) is 9.04. The van der Waals surface area contributed by atoms with Gasteiger partial charge in [0.15, 0.2) is 0 Å². The van der Waals surface area contributed by atoms with Gasteiger partial charge < -0.3 is 10.2 Å². The molecule has 4 nitrogen and oxygen atoms in total.